The van der Waals surface area contributed by atoms with E-state index in [0.29, 0.717) is 12.8 Å². The van der Waals surface area contributed by atoms with Crippen LogP contribution in [0.5, 0.6) is 0 Å². The number of nitrogens with one attached hydrogen (secondary N) is 1. The lowest BCUT2D eigenvalue weighted by molar-refractivity contribution is -0.159. The standard InChI is InChI=1S/C13H17NO6S/c1-3-9(15)14-6-10(16)19-12-11-7-4-13(12,2)5-8(7)21(17,18)20-11/h3,7-8,11-12H,1,4-6H2,2H3,(H,14,15). The average molecular weight is 315 g/mol. The third-order valence-corrected chi connectivity index (χ3v) is 6.47. The van der Waals surface area contributed by atoms with Crippen molar-refractivity contribution in [3.63, 3.8) is 0 Å². The first-order chi connectivity index (χ1) is 9.77. The van der Waals surface area contributed by atoms with Crippen molar-refractivity contribution < 1.29 is 26.9 Å². The molecule has 5 atom stereocenters. The van der Waals surface area contributed by atoms with Crippen molar-refractivity contribution in [2.75, 3.05) is 6.54 Å². The minimum Gasteiger partial charge on any atom is -0.458 e. The van der Waals surface area contributed by atoms with Gasteiger partial charge in [0.25, 0.3) is 10.1 Å². The maximum atomic E-state index is 11.9. The van der Waals surface area contributed by atoms with Crippen molar-refractivity contribution >= 4 is 22.0 Å². The zero-order valence-electron chi connectivity index (χ0n) is 11.6. The second-order valence-electron chi connectivity index (χ2n) is 6.15. The van der Waals surface area contributed by atoms with E-state index in [0.717, 1.165) is 6.08 Å². The van der Waals surface area contributed by atoms with E-state index in [1.807, 2.05) is 6.92 Å². The molecule has 1 aliphatic heterocycles. The molecule has 2 bridgehead atoms. The molecule has 3 rings (SSSR count). The number of hydrogen-bond acceptors (Lipinski definition) is 6. The Bertz CT molecular complexity index is 614. The number of carbonyl (C=O) groups excluding carboxylic acids is 2. The van der Waals surface area contributed by atoms with Crippen molar-refractivity contribution in [3.05, 3.63) is 12.7 Å². The number of esters is 1. The first kappa shape index (κ1) is 14.5. The molecule has 116 valence electrons. The minimum atomic E-state index is -3.54. The summed E-state index contributed by atoms with van der Waals surface area (Å²) in [5.74, 6) is -1.17. The van der Waals surface area contributed by atoms with Gasteiger partial charge in [-0.3, -0.25) is 13.8 Å². The van der Waals surface area contributed by atoms with Gasteiger partial charge in [0.05, 0.1) is 5.25 Å². The van der Waals surface area contributed by atoms with Crippen LogP contribution in [0.15, 0.2) is 12.7 Å². The molecular formula is C13H17NO6S. The molecule has 2 aliphatic carbocycles. The summed E-state index contributed by atoms with van der Waals surface area (Å²) in [6.45, 7) is 4.93. The Morgan fingerprint density at radius 1 is 1.48 bits per heavy atom. The van der Waals surface area contributed by atoms with E-state index in [9.17, 15) is 18.0 Å². The highest BCUT2D eigenvalue weighted by Gasteiger charge is 2.70. The van der Waals surface area contributed by atoms with Crippen LogP contribution < -0.4 is 5.32 Å². The maximum Gasteiger partial charge on any atom is 0.325 e. The van der Waals surface area contributed by atoms with Crippen molar-refractivity contribution in [2.45, 2.75) is 37.2 Å². The molecule has 1 N–H and O–H groups in total. The van der Waals surface area contributed by atoms with E-state index >= 15 is 0 Å². The van der Waals surface area contributed by atoms with Gasteiger partial charge in [0.15, 0.2) is 0 Å². The lowest BCUT2D eigenvalue weighted by Crippen LogP contribution is -2.44. The second-order valence-corrected chi connectivity index (χ2v) is 7.93. The van der Waals surface area contributed by atoms with Gasteiger partial charge in [-0.15, -0.1) is 0 Å². The predicted octanol–water partition coefficient (Wildman–Crippen LogP) is -0.273. The highest BCUT2D eigenvalue weighted by molar-refractivity contribution is 7.87. The van der Waals surface area contributed by atoms with Gasteiger partial charge in [-0.25, -0.2) is 0 Å². The van der Waals surface area contributed by atoms with E-state index in [1.165, 1.54) is 0 Å². The Balaban J connectivity index is 1.69. The molecule has 8 heteroatoms. The van der Waals surface area contributed by atoms with Gasteiger partial charge in [-0.2, -0.15) is 8.42 Å². The average Bonchev–Trinajstić information content (AvgIpc) is 2.95. The third kappa shape index (κ3) is 2.17. The van der Waals surface area contributed by atoms with Crippen LogP contribution in [-0.2, 0) is 28.6 Å². The Morgan fingerprint density at radius 2 is 2.19 bits per heavy atom. The first-order valence-electron chi connectivity index (χ1n) is 6.79. The van der Waals surface area contributed by atoms with Crippen molar-refractivity contribution in [1.82, 2.24) is 5.32 Å². The van der Waals surface area contributed by atoms with E-state index in [2.05, 4.69) is 11.9 Å². The van der Waals surface area contributed by atoms with Crippen molar-refractivity contribution in [2.24, 2.45) is 11.3 Å². The van der Waals surface area contributed by atoms with Gasteiger partial charge in [0.1, 0.15) is 18.8 Å². The molecule has 2 saturated carbocycles. The molecule has 0 aromatic carbocycles. The van der Waals surface area contributed by atoms with E-state index < -0.39 is 39.5 Å². The molecule has 1 saturated heterocycles. The molecule has 0 aromatic rings. The highest BCUT2D eigenvalue weighted by atomic mass is 32.2. The zero-order valence-corrected chi connectivity index (χ0v) is 12.4. The van der Waals surface area contributed by atoms with Crippen LogP contribution in [0.1, 0.15) is 19.8 Å². The highest BCUT2D eigenvalue weighted by Crippen LogP contribution is 2.62. The number of fused-ring (bicyclic) bond motifs is 1. The van der Waals surface area contributed by atoms with Gasteiger partial charge in [0, 0.05) is 11.3 Å². The third-order valence-electron chi connectivity index (χ3n) is 4.72. The maximum absolute atomic E-state index is 11.9. The summed E-state index contributed by atoms with van der Waals surface area (Å²) in [6, 6.07) is 0. The van der Waals surface area contributed by atoms with Gasteiger partial charge in [0.2, 0.25) is 5.91 Å². The fraction of sp³-hybridized carbons (Fsp3) is 0.692. The molecule has 1 heterocycles. The molecule has 7 nitrogen and oxygen atoms in total. The largest absolute Gasteiger partial charge is 0.458 e. The normalized spacial score (nSPS) is 41.8. The van der Waals surface area contributed by atoms with Crippen molar-refractivity contribution in [1.29, 1.82) is 0 Å². The summed E-state index contributed by atoms with van der Waals surface area (Å²) in [7, 11) is -3.54. The summed E-state index contributed by atoms with van der Waals surface area (Å²) < 4.78 is 34.3. The van der Waals surface area contributed by atoms with Gasteiger partial charge in [-0.1, -0.05) is 13.5 Å². The molecule has 1 amide bonds. The molecular weight excluding hydrogens is 298 g/mol. The summed E-state index contributed by atoms with van der Waals surface area (Å²) in [5.41, 5.74) is -0.373. The zero-order chi connectivity index (χ0) is 15.4. The molecule has 5 unspecified atom stereocenters. The van der Waals surface area contributed by atoms with E-state index in [-0.39, 0.29) is 17.9 Å². The SMILES string of the molecule is C=CC(=O)NCC(=O)OC1C2OS(=O)(=O)C3CC1(C)CC23. The Kier molecular flexibility index (Phi) is 3.14. The van der Waals surface area contributed by atoms with Gasteiger partial charge < -0.3 is 10.1 Å². The minimum absolute atomic E-state index is 0.0967. The fourth-order valence-electron chi connectivity index (χ4n) is 3.83. The van der Waals surface area contributed by atoms with Crippen LogP contribution in [0.25, 0.3) is 0 Å². The van der Waals surface area contributed by atoms with Crippen LogP contribution >= 0.6 is 0 Å². The number of carbonyl (C=O) groups is 2. The van der Waals surface area contributed by atoms with Gasteiger partial charge in [-0.05, 0) is 18.9 Å². The summed E-state index contributed by atoms with van der Waals surface area (Å²) in [4.78, 5) is 22.8. The quantitative estimate of drug-likeness (QED) is 0.435. The monoisotopic (exact) mass is 315 g/mol. The van der Waals surface area contributed by atoms with Crippen LogP contribution in [0.2, 0.25) is 0 Å². The number of amides is 1. The van der Waals surface area contributed by atoms with Crippen LogP contribution in [-0.4, -0.2) is 44.3 Å². The number of hydrogen-bond donors (Lipinski definition) is 1. The summed E-state index contributed by atoms with van der Waals surface area (Å²) in [6.07, 6.45) is 1.02. The summed E-state index contributed by atoms with van der Waals surface area (Å²) in [5, 5.41) is 1.86. The van der Waals surface area contributed by atoms with Crippen LogP contribution in [0.4, 0.5) is 0 Å². The van der Waals surface area contributed by atoms with E-state index in [4.69, 9.17) is 8.92 Å². The number of rotatable bonds is 4. The fourth-order valence-corrected chi connectivity index (χ4v) is 5.79. The molecule has 0 radical (unpaired) electrons. The molecule has 0 aromatic heterocycles. The van der Waals surface area contributed by atoms with Crippen LogP contribution in [0, 0.1) is 11.3 Å². The molecule has 3 aliphatic rings. The van der Waals surface area contributed by atoms with Crippen molar-refractivity contribution in [3.8, 4) is 0 Å². The Hall–Kier alpha value is -1.41. The molecule has 0 spiro atoms. The Morgan fingerprint density at radius 3 is 2.86 bits per heavy atom. The molecule has 21 heavy (non-hydrogen) atoms. The van der Waals surface area contributed by atoms with Crippen LogP contribution in [0.3, 0.4) is 0 Å². The smallest absolute Gasteiger partial charge is 0.325 e. The topological polar surface area (TPSA) is 98.8 Å². The predicted molar refractivity (Wildman–Crippen MR) is 71.5 cm³/mol. The Labute approximate surface area is 122 Å². The lowest BCUT2D eigenvalue weighted by atomic mass is 9.82. The van der Waals surface area contributed by atoms with Gasteiger partial charge >= 0.3 is 5.97 Å². The number of ether oxygens (including phenoxy) is 1. The second kappa shape index (κ2) is 4.54. The first-order valence-corrected chi connectivity index (χ1v) is 8.26. The lowest BCUT2D eigenvalue weighted by Gasteiger charge is -2.32. The summed E-state index contributed by atoms with van der Waals surface area (Å²) >= 11 is 0. The van der Waals surface area contributed by atoms with E-state index in [1.54, 1.807) is 0 Å². The molecule has 3 fully saturated rings.